The Labute approximate surface area is 84.2 Å². The van der Waals surface area contributed by atoms with Crippen molar-refractivity contribution in [1.29, 1.82) is 0 Å². The van der Waals surface area contributed by atoms with Crippen molar-refractivity contribution in [2.45, 2.75) is 19.1 Å². The zero-order valence-electron chi connectivity index (χ0n) is 7.99. The van der Waals surface area contributed by atoms with Crippen LogP contribution in [0.15, 0.2) is 24.3 Å². The lowest BCUT2D eigenvalue weighted by molar-refractivity contribution is 0.322. The molecule has 72 valence electrons. The van der Waals surface area contributed by atoms with Crippen molar-refractivity contribution in [3.05, 3.63) is 35.4 Å². The van der Waals surface area contributed by atoms with E-state index in [-0.39, 0.29) is 6.61 Å². The van der Waals surface area contributed by atoms with Crippen molar-refractivity contribution >= 4 is 11.8 Å². The number of benzene rings is 1. The fourth-order valence-corrected chi connectivity index (χ4v) is 1.83. The Morgan fingerprint density at radius 3 is 2.31 bits per heavy atom. The van der Waals surface area contributed by atoms with Gasteiger partial charge < -0.3 is 5.11 Å². The molecule has 1 rings (SSSR count). The first kappa shape index (κ1) is 10.6. The smallest absolute Gasteiger partial charge is 0.0521 e. The van der Waals surface area contributed by atoms with Crippen molar-refractivity contribution < 1.29 is 5.11 Å². The van der Waals surface area contributed by atoms with E-state index in [1.165, 1.54) is 11.1 Å². The van der Waals surface area contributed by atoms with Gasteiger partial charge in [-0.2, -0.15) is 11.8 Å². The van der Waals surface area contributed by atoms with Gasteiger partial charge in [0.1, 0.15) is 0 Å². The molecule has 0 atom stereocenters. The number of aryl methyl sites for hydroxylation is 1. The van der Waals surface area contributed by atoms with Crippen molar-refractivity contribution in [1.82, 2.24) is 0 Å². The molecule has 2 heteroatoms. The number of hydrogen-bond acceptors (Lipinski definition) is 2. The molecular weight excluding hydrogens is 180 g/mol. The van der Waals surface area contributed by atoms with Gasteiger partial charge in [0, 0.05) is 11.5 Å². The number of aliphatic hydroxyl groups excluding tert-OH is 1. The minimum absolute atomic E-state index is 0.276. The average molecular weight is 196 g/mol. The molecule has 0 saturated carbocycles. The molecule has 0 fully saturated rings. The Kier molecular flexibility index (Phi) is 4.94. The highest BCUT2D eigenvalue weighted by molar-refractivity contribution is 7.98. The molecule has 0 aromatic heterocycles. The molecule has 0 bridgehead atoms. The summed E-state index contributed by atoms with van der Waals surface area (Å²) in [4.78, 5) is 0. The largest absolute Gasteiger partial charge is 0.396 e. The van der Waals surface area contributed by atoms with Crippen LogP contribution in [0.3, 0.4) is 0 Å². The summed E-state index contributed by atoms with van der Waals surface area (Å²) in [5.74, 6) is 1.83. The summed E-state index contributed by atoms with van der Waals surface area (Å²) < 4.78 is 0. The molecule has 13 heavy (non-hydrogen) atoms. The Morgan fingerprint density at radius 1 is 1.15 bits per heavy atom. The monoisotopic (exact) mass is 196 g/mol. The molecule has 0 aliphatic carbocycles. The molecule has 0 aliphatic heterocycles. The first-order valence-corrected chi connectivity index (χ1v) is 5.78. The summed E-state index contributed by atoms with van der Waals surface area (Å²) in [7, 11) is 0. The molecule has 1 N–H and O–H groups in total. The third-order valence-corrected chi connectivity index (χ3v) is 2.94. The van der Waals surface area contributed by atoms with E-state index in [0.29, 0.717) is 0 Å². The van der Waals surface area contributed by atoms with E-state index in [2.05, 4.69) is 31.2 Å². The van der Waals surface area contributed by atoms with E-state index in [1.807, 2.05) is 0 Å². The van der Waals surface area contributed by atoms with Crippen LogP contribution in [0.2, 0.25) is 0 Å². The summed E-state index contributed by atoms with van der Waals surface area (Å²) in [6, 6.07) is 8.69. The van der Waals surface area contributed by atoms with Crippen molar-refractivity contribution in [2.75, 3.05) is 12.4 Å². The Bertz CT molecular complexity index is 230. The predicted molar refractivity (Wildman–Crippen MR) is 59.1 cm³/mol. The van der Waals surface area contributed by atoms with Crippen LogP contribution in [0, 0.1) is 0 Å². The standard InChI is InChI=1S/C11H16OS/c1-2-10-3-5-11(6-4-10)9-13-8-7-12/h3-6,12H,2,7-9H2,1H3. The Balaban J connectivity index is 2.40. The van der Waals surface area contributed by atoms with E-state index in [4.69, 9.17) is 5.11 Å². The molecule has 0 aliphatic rings. The van der Waals surface area contributed by atoms with Gasteiger partial charge in [-0.1, -0.05) is 31.2 Å². The van der Waals surface area contributed by atoms with E-state index in [9.17, 15) is 0 Å². The maximum atomic E-state index is 8.61. The van der Waals surface area contributed by atoms with Crippen LogP contribution in [0.5, 0.6) is 0 Å². The number of rotatable bonds is 5. The number of hydrogen-bond donors (Lipinski definition) is 1. The minimum atomic E-state index is 0.276. The van der Waals surface area contributed by atoms with Gasteiger partial charge in [-0.15, -0.1) is 0 Å². The highest BCUT2D eigenvalue weighted by atomic mass is 32.2. The van der Waals surface area contributed by atoms with Gasteiger partial charge in [0.25, 0.3) is 0 Å². The average Bonchev–Trinajstić information content (AvgIpc) is 2.19. The second kappa shape index (κ2) is 6.06. The number of thioether (sulfide) groups is 1. The van der Waals surface area contributed by atoms with Crippen LogP contribution in [0.4, 0.5) is 0 Å². The zero-order valence-corrected chi connectivity index (χ0v) is 8.81. The van der Waals surface area contributed by atoms with Gasteiger partial charge in [-0.3, -0.25) is 0 Å². The number of aliphatic hydroxyl groups is 1. The Hall–Kier alpha value is -0.470. The molecular formula is C11H16OS. The van der Waals surface area contributed by atoms with E-state index < -0.39 is 0 Å². The van der Waals surface area contributed by atoms with Gasteiger partial charge in [0.2, 0.25) is 0 Å². The third kappa shape index (κ3) is 3.83. The van der Waals surface area contributed by atoms with E-state index in [1.54, 1.807) is 11.8 Å². The Morgan fingerprint density at radius 2 is 1.77 bits per heavy atom. The van der Waals surface area contributed by atoms with Crippen LogP contribution in [0.1, 0.15) is 18.1 Å². The van der Waals surface area contributed by atoms with Gasteiger partial charge in [0.05, 0.1) is 6.61 Å². The van der Waals surface area contributed by atoms with Crippen LogP contribution in [0.25, 0.3) is 0 Å². The SMILES string of the molecule is CCc1ccc(CSCCO)cc1. The normalized spacial score (nSPS) is 10.3. The molecule has 1 nitrogen and oxygen atoms in total. The zero-order chi connectivity index (χ0) is 9.52. The first-order chi connectivity index (χ1) is 6.36. The molecule has 0 amide bonds. The lowest BCUT2D eigenvalue weighted by Gasteiger charge is -2.01. The minimum Gasteiger partial charge on any atom is -0.396 e. The van der Waals surface area contributed by atoms with E-state index in [0.717, 1.165) is 17.9 Å². The summed E-state index contributed by atoms with van der Waals surface area (Å²) in [6.07, 6.45) is 1.10. The second-order valence-corrected chi connectivity index (χ2v) is 4.05. The lowest BCUT2D eigenvalue weighted by Crippen LogP contribution is -1.88. The lowest BCUT2D eigenvalue weighted by atomic mass is 10.1. The fourth-order valence-electron chi connectivity index (χ4n) is 1.13. The van der Waals surface area contributed by atoms with Crippen molar-refractivity contribution in [3.8, 4) is 0 Å². The maximum absolute atomic E-state index is 8.61. The quantitative estimate of drug-likeness (QED) is 0.730. The van der Waals surface area contributed by atoms with Crippen LogP contribution in [-0.4, -0.2) is 17.5 Å². The van der Waals surface area contributed by atoms with Crippen molar-refractivity contribution in [3.63, 3.8) is 0 Å². The van der Waals surface area contributed by atoms with Crippen LogP contribution in [-0.2, 0) is 12.2 Å². The molecule has 1 aromatic rings. The molecule has 0 radical (unpaired) electrons. The molecule has 1 aromatic carbocycles. The second-order valence-electron chi connectivity index (χ2n) is 2.95. The maximum Gasteiger partial charge on any atom is 0.0521 e. The topological polar surface area (TPSA) is 20.2 Å². The van der Waals surface area contributed by atoms with E-state index >= 15 is 0 Å². The van der Waals surface area contributed by atoms with Gasteiger partial charge in [-0.25, -0.2) is 0 Å². The molecule has 0 heterocycles. The van der Waals surface area contributed by atoms with Gasteiger partial charge >= 0.3 is 0 Å². The molecule has 0 unspecified atom stereocenters. The summed E-state index contributed by atoms with van der Waals surface area (Å²) >= 11 is 1.77. The molecule has 0 saturated heterocycles. The third-order valence-electron chi connectivity index (χ3n) is 1.94. The predicted octanol–water partition coefficient (Wildman–Crippen LogP) is 2.47. The first-order valence-electron chi connectivity index (χ1n) is 4.63. The summed E-state index contributed by atoms with van der Waals surface area (Å²) in [5.41, 5.74) is 2.73. The highest BCUT2D eigenvalue weighted by Crippen LogP contribution is 2.12. The fraction of sp³-hybridized carbons (Fsp3) is 0.455. The van der Waals surface area contributed by atoms with Crippen LogP contribution >= 0.6 is 11.8 Å². The molecule has 0 spiro atoms. The summed E-state index contributed by atoms with van der Waals surface area (Å²) in [6.45, 7) is 2.44. The van der Waals surface area contributed by atoms with Crippen molar-refractivity contribution in [2.24, 2.45) is 0 Å². The highest BCUT2D eigenvalue weighted by Gasteiger charge is 1.93. The van der Waals surface area contributed by atoms with Gasteiger partial charge in [-0.05, 0) is 17.5 Å². The summed E-state index contributed by atoms with van der Waals surface area (Å²) in [5, 5.41) is 8.61. The van der Waals surface area contributed by atoms with Gasteiger partial charge in [0.15, 0.2) is 0 Å². The van der Waals surface area contributed by atoms with Crippen LogP contribution < -0.4 is 0 Å².